The second kappa shape index (κ2) is 6.23. The van der Waals surface area contributed by atoms with E-state index >= 15 is 0 Å². The fourth-order valence-electron chi connectivity index (χ4n) is 1.53. The lowest BCUT2D eigenvalue weighted by molar-refractivity contribution is 0.153. The number of aryl methyl sites for hydroxylation is 1. The van der Waals surface area contributed by atoms with Crippen LogP contribution in [0.15, 0.2) is 22.7 Å². The predicted octanol–water partition coefficient (Wildman–Crippen LogP) is 3.68. The Hall–Kier alpha value is -0.410. The summed E-state index contributed by atoms with van der Waals surface area (Å²) in [6, 6.07) is 4.90. The van der Waals surface area contributed by atoms with Crippen LogP contribution in [-0.2, 0) is 6.42 Å². The van der Waals surface area contributed by atoms with E-state index in [1.807, 2.05) is 6.92 Å². The minimum atomic E-state index is -0.312. The lowest BCUT2D eigenvalue weighted by Crippen LogP contribution is -2.07. The number of aliphatic hydroxyl groups excluding tert-OH is 1. The van der Waals surface area contributed by atoms with Gasteiger partial charge in [-0.15, -0.1) is 0 Å². The summed E-state index contributed by atoms with van der Waals surface area (Å²) in [6.45, 7) is 2.03. The summed E-state index contributed by atoms with van der Waals surface area (Å²) in [4.78, 5) is 0. The highest BCUT2D eigenvalue weighted by Gasteiger charge is 2.07. The minimum Gasteiger partial charge on any atom is -0.393 e. The van der Waals surface area contributed by atoms with Gasteiger partial charge in [0.15, 0.2) is 0 Å². The molecule has 0 radical (unpaired) electrons. The molecule has 0 saturated carbocycles. The number of hydrogen-bond acceptors (Lipinski definition) is 1. The first-order valence-electron chi connectivity index (χ1n) is 5.25. The highest BCUT2D eigenvalue weighted by atomic mass is 79.9. The van der Waals surface area contributed by atoms with Crippen molar-refractivity contribution in [1.29, 1.82) is 0 Å². The molecular weight excluding hydrogens is 259 g/mol. The molecule has 84 valence electrons. The molecule has 15 heavy (non-hydrogen) atoms. The Kier molecular flexibility index (Phi) is 5.26. The van der Waals surface area contributed by atoms with Gasteiger partial charge in [-0.2, -0.15) is 0 Å². The summed E-state index contributed by atoms with van der Waals surface area (Å²) in [5.41, 5.74) is 0.666. The van der Waals surface area contributed by atoms with Crippen LogP contribution >= 0.6 is 15.9 Å². The van der Waals surface area contributed by atoms with Gasteiger partial charge in [-0.1, -0.05) is 29.3 Å². The van der Waals surface area contributed by atoms with Crippen LogP contribution < -0.4 is 0 Å². The summed E-state index contributed by atoms with van der Waals surface area (Å²) in [5.74, 6) is -0.193. The maximum atomic E-state index is 13.3. The second-order valence-corrected chi connectivity index (χ2v) is 4.63. The van der Waals surface area contributed by atoms with Gasteiger partial charge in [0.2, 0.25) is 0 Å². The number of hydrogen-bond donors (Lipinski definition) is 1. The summed E-state index contributed by atoms with van der Waals surface area (Å²) in [7, 11) is 0. The third-order valence-corrected chi connectivity index (χ3v) is 2.87. The SMILES string of the molecule is CCCC(O)CCc1cc(Br)ccc1F. The zero-order valence-electron chi connectivity index (χ0n) is 8.84. The van der Waals surface area contributed by atoms with Crippen molar-refractivity contribution in [3.8, 4) is 0 Å². The molecule has 1 aromatic rings. The van der Waals surface area contributed by atoms with Crippen LogP contribution in [0.4, 0.5) is 4.39 Å². The standard InChI is InChI=1S/C12H16BrFO/c1-2-3-11(15)6-4-9-8-10(13)5-7-12(9)14/h5,7-8,11,15H,2-4,6H2,1H3. The first-order chi connectivity index (χ1) is 7.13. The molecule has 0 fully saturated rings. The molecule has 0 aromatic heterocycles. The Morgan fingerprint density at radius 2 is 2.13 bits per heavy atom. The van der Waals surface area contributed by atoms with Gasteiger partial charge in [0.25, 0.3) is 0 Å². The largest absolute Gasteiger partial charge is 0.393 e. The lowest BCUT2D eigenvalue weighted by Gasteiger charge is -2.09. The molecule has 0 aliphatic carbocycles. The maximum absolute atomic E-state index is 13.3. The van der Waals surface area contributed by atoms with Crippen molar-refractivity contribution >= 4 is 15.9 Å². The highest BCUT2D eigenvalue weighted by molar-refractivity contribution is 9.10. The van der Waals surface area contributed by atoms with E-state index in [4.69, 9.17) is 0 Å². The van der Waals surface area contributed by atoms with Crippen molar-refractivity contribution in [3.63, 3.8) is 0 Å². The third kappa shape index (κ3) is 4.31. The number of halogens is 2. The fourth-order valence-corrected chi connectivity index (χ4v) is 1.94. The Morgan fingerprint density at radius 3 is 2.80 bits per heavy atom. The van der Waals surface area contributed by atoms with Gasteiger partial charge in [-0.05, 0) is 43.0 Å². The van der Waals surface area contributed by atoms with Crippen molar-refractivity contribution in [3.05, 3.63) is 34.1 Å². The zero-order chi connectivity index (χ0) is 11.3. The average molecular weight is 275 g/mol. The molecule has 3 heteroatoms. The van der Waals surface area contributed by atoms with Crippen molar-refractivity contribution in [2.45, 2.75) is 38.7 Å². The molecule has 1 nitrogen and oxygen atoms in total. The van der Waals surface area contributed by atoms with Crippen LogP contribution in [0.1, 0.15) is 31.7 Å². The van der Waals surface area contributed by atoms with E-state index in [1.54, 1.807) is 12.1 Å². The molecular formula is C12H16BrFO. The van der Waals surface area contributed by atoms with Gasteiger partial charge in [-0.25, -0.2) is 4.39 Å². The molecule has 1 rings (SSSR count). The van der Waals surface area contributed by atoms with Crippen molar-refractivity contribution in [1.82, 2.24) is 0 Å². The minimum absolute atomic E-state index is 0.193. The first kappa shape index (κ1) is 12.7. The van der Waals surface area contributed by atoms with E-state index in [2.05, 4.69) is 15.9 Å². The van der Waals surface area contributed by atoms with Gasteiger partial charge in [0.1, 0.15) is 5.82 Å². The smallest absolute Gasteiger partial charge is 0.126 e. The van der Waals surface area contributed by atoms with Crippen molar-refractivity contribution in [2.75, 3.05) is 0 Å². The van der Waals surface area contributed by atoms with E-state index in [0.29, 0.717) is 18.4 Å². The van der Waals surface area contributed by atoms with Gasteiger partial charge >= 0.3 is 0 Å². The molecule has 1 aromatic carbocycles. The molecule has 0 aliphatic rings. The molecule has 0 aliphatic heterocycles. The first-order valence-corrected chi connectivity index (χ1v) is 6.04. The molecule has 1 atom stereocenters. The van der Waals surface area contributed by atoms with Crippen LogP contribution in [0, 0.1) is 5.82 Å². The average Bonchev–Trinajstić information content (AvgIpc) is 2.20. The number of aliphatic hydroxyl groups is 1. The van der Waals surface area contributed by atoms with E-state index in [0.717, 1.165) is 17.3 Å². The lowest BCUT2D eigenvalue weighted by atomic mass is 10.0. The van der Waals surface area contributed by atoms with E-state index in [9.17, 15) is 9.50 Å². The van der Waals surface area contributed by atoms with Gasteiger partial charge in [0, 0.05) is 4.47 Å². The summed E-state index contributed by atoms with van der Waals surface area (Å²) in [5, 5.41) is 9.54. The molecule has 0 saturated heterocycles. The van der Waals surface area contributed by atoms with Crippen molar-refractivity contribution < 1.29 is 9.50 Å². The van der Waals surface area contributed by atoms with Gasteiger partial charge < -0.3 is 5.11 Å². The highest BCUT2D eigenvalue weighted by Crippen LogP contribution is 2.18. The normalized spacial score (nSPS) is 12.8. The number of rotatable bonds is 5. The van der Waals surface area contributed by atoms with E-state index in [1.165, 1.54) is 6.07 Å². The van der Waals surface area contributed by atoms with E-state index in [-0.39, 0.29) is 11.9 Å². The van der Waals surface area contributed by atoms with Gasteiger partial charge in [-0.3, -0.25) is 0 Å². The fraction of sp³-hybridized carbons (Fsp3) is 0.500. The molecule has 1 N–H and O–H groups in total. The van der Waals surface area contributed by atoms with Crippen LogP contribution in [0.2, 0.25) is 0 Å². The van der Waals surface area contributed by atoms with Crippen molar-refractivity contribution in [2.24, 2.45) is 0 Å². The maximum Gasteiger partial charge on any atom is 0.126 e. The van der Waals surface area contributed by atoms with Crippen LogP contribution in [0.3, 0.4) is 0 Å². The Balaban J connectivity index is 2.53. The number of benzene rings is 1. The summed E-state index contributed by atoms with van der Waals surface area (Å²) >= 11 is 3.30. The van der Waals surface area contributed by atoms with Crippen LogP contribution in [-0.4, -0.2) is 11.2 Å². The molecule has 0 heterocycles. The molecule has 1 unspecified atom stereocenters. The molecule has 0 spiro atoms. The Labute approximate surface area is 98.4 Å². The topological polar surface area (TPSA) is 20.2 Å². The second-order valence-electron chi connectivity index (χ2n) is 3.72. The summed E-state index contributed by atoms with van der Waals surface area (Å²) in [6.07, 6.45) is 2.65. The Bertz CT molecular complexity index is 314. The monoisotopic (exact) mass is 274 g/mol. The summed E-state index contributed by atoms with van der Waals surface area (Å²) < 4.78 is 14.2. The van der Waals surface area contributed by atoms with Crippen LogP contribution in [0.25, 0.3) is 0 Å². The third-order valence-electron chi connectivity index (χ3n) is 2.38. The molecule has 0 amide bonds. The van der Waals surface area contributed by atoms with Crippen LogP contribution in [0.5, 0.6) is 0 Å². The molecule has 0 bridgehead atoms. The Morgan fingerprint density at radius 1 is 1.40 bits per heavy atom. The van der Waals surface area contributed by atoms with E-state index < -0.39 is 0 Å². The zero-order valence-corrected chi connectivity index (χ0v) is 10.4. The quantitative estimate of drug-likeness (QED) is 0.869. The van der Waals surface area contributed by atoms with Gasteiger partial charge in [0.05, 0.1) is 6.10 Å². The predicted molar refractivity (Wildman–Crippen MR) is 63.3 cm³/mol.